The summed E-state index contributed by atoms with van der Waals surface area (Å²) < 4.78 is 217. The molecule has 0 bridgehead atoms. The van der Waals surface area contributed by atoms with Crippen molar-refractivity contribution in [1.82, 2.24) is 39.5 Å². The quantitative estimate of drug-likeness (QED) is 0.0424. The van der Waals surface area contributed by atoms with Gasteiger partial charge in [0.2, 0.25) is 0 Å². The molecule has 0 aliphatic heterocycles. The van der Waals surface area contributed by atoms with Crippen LogP contribution in [0.4, 0.5) is 65.9 Å². The number of rotatable bonds is 17. The average Bonchev–Trinajstić information content (AvgIpc) is 1.52. The number of H-pyrrole nitrogens is 2. The minimum Gasteiger partial charge on any atom is -0.378 e. The second kappa shape index (κ2) is 26.6. The van der Waals surface area contributed by atoms with E-state index in [0.29, 0.717) is 21.5 Å². The first kappa shape index (κ1) is 73.1. The number of benzene rings is 4. The third kappa shape index (κ3) is 15.1. The van der Waals surface area contributed by atoms with Gasteiger partial charge in [-0.2, -0.15) is 54.1 Å². The summed E-state index contributed by atoms with van der Waals surface area (Å²) in [5, 5.41) is 27.3. The summed E-state index contributed by atoms with van der Waals surface area (Å²) in [5.74, 6) is -11.3. The lowest BCUT2D eigenvalue weighted by Gasteiger charge is -2.21. The molecule has 4 aliphatic carbocycles. The van der Waals surface area contributed by atoms with Gasteiger partial charge in [0, 0.05) is 76.5 Å². The van der Waals surface area contributed by atoms with Gasteiger partial charge in [0.15, 0.2) is 23.0 Å². The lowest BCUT2D eigenvalue weighted by Crippen LogP contribution is -2.24. The Kier molecular flexibility index (Phi) is 18.7. The predicted molar refractivity (Wildman–Crippen MR) is 342 cm³/mol. The monoisotopic (exact) mass is 1460 g/mol. The molecule has 0 unspecified atom stereocenters. The van der Waals surface area contributed by atoms with Crippen molar-refractivity contribution >= 4 is 28.4 Å². The molecule has 104 heavy (non-hydrogen) atoms. The van der Waals surface area contributed by atoms with Crippen molar-refractivity contribution < 1.29 is 90.5 Å². The number of Topliss-reactive ketones (excluding diaryl/α,β-unsaturated/α-hetero) is 2. The third-order valence-electron chi connectivity index (χ3n) is 18.0. The highest BCUT2D eigenvalue weighted by molar-refractivity contribution is 5.95. The van der Waals surface area contributed by atoms with E-state index in [0.717, 1.165) is 36.4 Å². The Morgan fingerprint density at radius 2 is 1.04 bits per heavy atom. The summed E-state index contributed by atoms with van der Waals surface area (Å²) >= 11 is 0. The summed E-state index contributed by atoms with van der Waals surface area (Å²) in [7, 11) is 0. The standard InChI is InChI=1S/C37H28F7N5O4.C36H28F8N4O3/c1-35(2,53)9-8-21-6-7-24(23-4-3-5-25-30(23)46-34(52)47-33(25)51)29(45-21)18(10-17-11-19(38)14-20(39)12-17)13-22(50)16-49-32-28(31(48-49)37(42,43)44)26-15-27(26)36(32,40)41;1-34(2,51)8-7-22-4-5-24(18-3-6-28(39)26(13-18)33(45)50)30(46-22)19(9-17-10-20(37)14-21(38)11-17)12-23(49)16-48-32-29(31(47-48)36(42,43)44)25-15-27(25)35(32,40)41/h3-7,11-12,14,18,26-27,53H,10,13,15-16H2,1-2H3,(H2,46,47,51,52);3-6,10-11,13-14,19,25,27,51H,9,12,15-16H2,1-2H3,(H2,45,50)/t18-,26+,27-;19-,25+,27-/m11/s1. The van der Waals surface area contributed by atoms with E-state index in [4.69, 9.17) is 5.73 Å². The zero-order chi connectivity index (χ0) is 75.4. The van der Waals surface area contributed by atoms with Crippen LogP contribution >= 0.6 is 0 Å². The van der Waals surface area contributed by atoms with Crippen LogP contribution in [0.15, 0.2) is 107 Å². The van der Waals surface area contributed by atoms with Crippen LogP contribution in [-0.4, -0.2) is 78.4 Å². The molecule has 0 spiro atoms. The van der Waals surface area contributed by atoms with Crippen LogP contribution in [0.2, 0.25) is 0 Å². The van der Waals surface area contributed by atoms with Crippen molar-refractivity contribution in [2.24, 2.45) is 17.6 Å². The van der Waals surface area contributed by atoms with Crippen LogP contribution in [0, 0.1) is 64.6 Å². The predicted octanol–water partition coefficient (Wildman–Crippen LogP) is 12.9. The number of hydrogen-bond donors (Lipinski definition) is 5. The normalized spacial score (nSPS) is 18.0. The number of carbonyl (C=O) groups excluding carboxylic acids is 3. The van der Waals surface area contributed by atoms with Gasteiger partial charge in [-0.05, 0) is 160 Å². The van der Waals surface area contributed by atoms with Crippen molar-refractivity contribution in [3.05, 3.63) is 220 Å². The largest absolute Gasteiger partial charge is 0.435 e. The molecular formula is C73H56F15N9O7. The minimum absolute atomic E-state index is 0.0193. The number of aliphatic hydroxyl groups is 2. The fourth-order valence-electron chi connectivity index (χ4n) is 13.7. The SMILES string of the molecule is CC(C)(O)C#Cc1ccc(-c2ccc(F)c(C(N)=O)c2)c([C@@H](CC(=O)Cn2nc(C(F)(F)F)c3c2C(F)(F)[C@@H]2C[C@H]32)Cc2cc(F)cc(F)c2)n1.CC(C)(O)C#Cc1ccc(-c2cccc3c(=O)[nH]c(=O)[nH]c23)c([C@@H](CC(=O)Cn2nc(C(F)(F)F)c3c2C(F)(F)[C@@H]2C[C@H]32)Cc2cc(F)cc(F)c2)n1. The Morgan fingerprint density at radius 3 is 1.47 bits per heavy atom. The summed E-state index contributed by atoms with van der Waals surface area (Å²) in [6.45, 7) is 3.68. The van der Waals surface area contributed by atoms with E-state index >= 15 is 17.6 Å². The topological polar surface area (TPSA) is 245 Å². The Labute approximate surface area is 578 Å². The van der Waals surface area contributed by atoms with Crippen LogP contribution < -0.4 is 17.0 Å². The Hall–Kier alpha value is -10.7. The summed E-state index contributed by atoms with van der Waals surface area (Å²) in [5.41, 5.74) is -4.56. The number of amides is 1. The number of alkyl halides is 10. The number of nitrogens with one attached hydrogen (secondary N) is 2. The first-order valence-electron chi connectivity index (χ1n) is 32.0. The molecule has 4 aliphatic rings. The van der Waals surface area contributed by atoms with E-state index in [1.807, 2.05) is 0 Å². The smallest absolute Gasteiger partial charge is 0.378 e. The number of halogens is 15. The van der Waals surface area contributed by atoms with E-state index < -0.39 is 194 Å². The van der Waals surface area contributed by atoms with Gasteiger partial charge in [0.1, 0.15) is 76.2 Å². The molecular weight excluding hydrogens is 1400 g/mol. The molecule has 6 atom stereocenters. The number of aromatic nitrogens is 8. The molecule has 1 amide bonds. The number of aromatic amines is 2. The third-order valence-corrected chi connectivity index (χ3v) is 18.0. The summed E-state index contributed by atoms with van der Waals surface area (Å²) in [6.07, 6.45) is -12.2. The second-order valence-electron chi connectivity index (χ2n) is 27.1. The van der Waals surface area contributed by atoms with Crippen molar-refractivity contribution in [3.8, 4) is 45.9 Å². The Morgan fingerprint density at radius 1 is 0.596 bits per heavy atom. The number of fused-ring (bicyclic) bond motifs is 7. The van der Waals surface area contributed by atoms with Gasteiger partial charge in [-0.25, -0.2) is 36.7 Å². The van der Waals surface area contributed by atoms with Gasteiger partial charge in [0.05, 0.1) is 27.9 Å². The van der Waals surface area contributed by atoms with Gasteiger partial charge in [-0.1, -0.05) is 30.0 Å². The molecule has 16 nitrogen and oxygen atoms in total. The molecule has 5 aromatic heterocycles. The van der Waals surface area contributed by atoms with Crippen molar-refractivity contribution in [1.29, 1.82) is 0 Å². The number of nitrogens with two attached hydrogens (primary N) is 1. The first-order chi connectivity index (χ1) is 48.5. The van der Waals surface area contributed by atoms with Gasteiger partial charge >= 0.3 is 18.0 Å². The molecule has 0 saturated heterocycles. The van der Waals surface area contributed by atoms with Gasteiger partial charge < -0.3 is 20.9 Å². The van der Waals surface area contributed by atoms with E-state index in [9.17, 15) is 82.5 Å². The van der Waals surface area contributed by atoms with Crippen molar-refractivity contribution in [2.45, 2.75) is 138 Å². The van der Waals surface area contributed by atoms with Gasteiger partial charge in [0.25, 0.3) is 23.3 Å². The zero-order valence-corrected chi connectivity index (χ0v) is 54.7. The lowest BCUT2D eigenvalue weighted by molar-refractivity contribution is -0.143. The van der Waals surface area contributed by atoms with E-state index in [1.54, 1.807) is 6.07 Å². The Bertz CT molecular complexity index is 5250. The number of hydrogen-bond acceptors (Lipinski definition) is 11. The number of primary amides is 1. The molecule has 2 fully saturated rings. The second-order valence-corrected chi connectivity index (χ2v) is 27.1. The average molecular weight is 1460 g/mol. The molecule has 540 valence electrons. The van der Waals surface area contributed by atoms with E-state index in [-0.39, 0.29) is 92.7 Å². The summed E-state index contributed by atoms with van der Waals surface area (Å²) in [4.78, 5) is 78.5. The highest BCUT2D eigenvalue weighted by atomic mass is 19.4. The fraction of sp³-hybridized carbons (Fsp3) is 0.329. The molecule has 5 heterocycles. The van der Waals surface area contributed by atoms with Crippen LogP contribution in [-0.2, 0) is 59.7 Å². The number of para-hydroxylation sites is 1. The molecule has 2 saturated carbocycles. The molecule has 0 radical (unpaired) electrons. The van der Waals surface area contributed by atoms with Gasteiger partial charge in [-0.15, -0.1) is 0 Å². The number of carbonyl (C=O) groups is 3. The number of nitrogens with zero attached hydrogens (tertiary/aromatic N) is 6. The minimum atomic E-state index is -5.06. The van der Waals surface area contributed by atoms with Gasteiger partial charge in [-0.3, -0.25) is 33.5 Å². The van der Waals surface area contributed by atoms with Crippen LogP contribution in [0.3, 0.4) is 0 Å². The first-order valence-corrected chi connectivity index (χ1v) is 32.0. The Balaban J connectivity index is 0.000000196. The van der Waals surface area contributed by atoms with Crippen LogP contribution in [0.25, 0.3) is 33.2 Å². The fourth-order valence-corrected chi connectivity index (χ4v) is 13.7. The zero-order valence-electron chi connectivity index (χ0n) is 54.7. The maximum Gasteiger partial charge on any atom is 0.435 e. The summed E-state index contributed by atoms with van der Waals surface area (Å²) in [6, 6.07) is 19.0. The van der Waals surface area contributed by atoms with Crippen LogP contribution in [0.1, 0.15) is 155 Å². The molecule has 31 heteroatoms. The number of ketones is 2. The van der Waals surface area contributed by atoms with Crippen molar-refractivity contribution in [2.75, 3.05) is 0 Å². The van der Waals surface area contributed by atoms with E-state index in [2.05, 4.69) is 53.8 Å². The highest BCUT2D eigenvalue weighted by Gasteiger charge is 2.69. The van der Waals surface area contributed by atoms with Crippen molar-refractivity contribution in [3.63, 3.8) is 0 Å². The maximum atomic E-state index is 15.3. The molecule has 9 aromatic rings. The highest BCUT2D eigenvalue weighted by Crippen LogP contribution is 2.70. The molecule has 4 aromatic carbocycles. The van der Waals surface area contributed by atoms with Crippen LogP contribution in [0.5, 0.6) is 0 Å². The maximum absolute atomic E-state index is 15.3. The number of pyridine rings is 2. The lowest BCUT2D eigenvalue weighted by atomic mass is 9.86. The molecule has 6 N–H and O–H groups in total. The van der Waals surface area contributed by atoms with E-state index in [1.165, 1.54) is 70.2 Å². The molecule has 13 rings (SSSR count).